The van der Waals surface area contributed by atoms with Crippen molar-refractivity contribution in [2.24, 2.45) is 10.7 Å². The first kappa shape index (κ1) is 9.83. The summed E-state index contributed by atoms with van der Waals surface area (Å²) >= 11 is 0. The van der Waals surface area contributed by atoms with Gasteiger partial charge in [0.15, 0.2) is 5.96 Å². The van der Waals surface area contributed by atoms with Gasteiger partial charge in [-0.3, -0.25) is 4.99 Å². The molecule has 3 N–H and O–H groups in total. The Morgan fingerprint density at radius 2 is 2.45 bits per heavy atom. The number of hydrogen-bond acceptors (Lipinski definition) is 1. The topological polar surface area (TPSA) is 50.4 Å². The van der Waals surface area contributed by atoms with E-state index in [1.807, 2.05) is 0 Å². The van der Waals surface area contributed by atoms with Crippen molar-refractivity contribution in [2.75, 3.05) is 13.1 Å². The Morgan fingerprint density at radius 1 is 1.73 bits per heavy atom. The SMILES string of the molecule is C#CCCNC(N)=NCCC. The number of hydrogen-bond donors (Lipinski definition) is 2. The minimum atomic E-state index is 0.488. The van der Waals surface area contributed by atoms with Crippen LogP contribution in [0.1, 0.15) is 19.8 Å². The smallest absolute Gasteiger partial charge is 0.188 e. The standard InChI is InChI=1S/C8H15N3/c1-3-5-7-11-8(9)10-6-4-2/h1H,4-7H2,2H3,(H3,9,10,11). The van der Waals surface area contributed by atoms with Gasteiger partial charge in [-0.1, -0.05) is 6.92 Å². The average Bonchev–Trinajstić information content (AvgIpc) is 2.01. The molecule has 0 atom stereocenters. The Morgan fingerprint density at radius 3 is 3.00 bits per heavy atom. The summed E-state index contributed by atoms with van der Waals surface area (Å²) in [7, 11) is 0. The van der Waals surface area contributed by atoms with Crippen molar-refractivity contribution in [2.45, 2.75) is 19.8 Å². The van der Waals surface area contributed by atoms with E-state index in [1.54, 1.807) is 0 Å². The van der Waals surface area contributed by atoms with Crippen molar-refractivity contribution in [3.8, 4) is 12.3 Å². The molecule has 0 fully saturated rings. The highest BCUT2D eigenvalue weighted by Gasteiger charge is 1.86. The van der Waals surface area contributed by atoms with Gasteiger partial charge in [-0.2, -0.15) is 0 Å². The van der Waals surface area contributed by atoms with Crippen molar-refractivity contribution in [1.29, 1.82) is 0 Å². The van der Waals surface area contributed by atoms with E-state index >= 15 is 0 Å². The van der Waals surface area contributed by atoms with Gasteiger partial charge in [-0.05, 0) is 6.42 Å². The molecule has 11 heavy (non-hydrogen) atoms. The van der Waals surface area contributed by atoms with Crippen LogP contribution in [0.3, 0.4) is 0 Å². The van der Waals surface area contributed by atoms with Crippen LogP contribution in [-0.2, 0) is 0 Å². The summed E-state index contributed by atoms with van der Waals surface area (Å²) in [5.41, 5.74) is 5.47. The Kier molecular flexibility index (Phi) is 6.20. The quantitative estimate of drug-likeness (QED) is 0.264. The van der Waals surface area contributed by atoms with E-state index in [9.17, 15) is 0 Å². The first-order valence-electron chi connectivity index (χ1n) is 3.78. The van der Waals surface area contributed by atoms with Crippen molar-refractivity contribution in [1.82, 2.24) is 5.32 Å². The van der Waals surface area contributed by atoms with Crippen LogP contribution in [0.4, 0.5) is 0 Å². The van der Waals surface area contributed by atoms with Crippen molar-refractivity contribution < 1.29 is 0 Å². The normalized spacial score (nSPS) is 10.7. The van der Waals surface area contributed by atoms with Gasteiger partial charge in [0.05, 0.1) is 0 Å². The summed E-state index contributed by atoms with van der Waals surface area (Å²) in [6, 6.07) is 0. The summed E-state index contributed by atoms with van der Waals surface area (Å²) in [4.78, 5) is 4.03. The Hall–Kier alpha value is -1.17. The summed E-state index contributed by atoms with van der Waals surface area (Å²) in [6.07, 6.45) is 6.74. The van der Waals surface area contributed by atoms with E-state index < -0.39 is 0 Å². The average molecular weight is 153 g/mol. The molecule has 0 aromatic heterocycles. The molecule has 0 aliphatic rings. The zero-order chi connectivity index (χ0) is 8.53. The predicted molar refractivity (Wildman–Crippen MR) is 48.2 cm³/mol. The molecule has 0 aliphatic carbocycles. The molecule has 0 aromatic carbocycles. The monoisotopic (exact) mass is 153 g/mol. The van der Waals surface area contributed by atoms with Crippen molar-refractivity contribution >= 4 is 5.96 Å². The van der Waals surface area contributed by atoms with Gasteiger partial charge in [-0.15, -0.1) is 12.3 Å². The first-order valence-corrected chi connectivity index (χ1v) is 3.78. The molecule has 0 bridgehead atoms. The molecule has 0 unspecified atom stereocenters. The van der Waals surface area contributed by atoms with Gasteiger partial charge in [0.25, 0.3) is 0 Å². The number of guanidine groups is 1. The number of terminal acetylenes is 1. The highest BCUT2D eigenvalue weighted by molar-refractivity contribution is 5.77. The van der Waals surface area contributed by atoms with Crippen LogP contribution in [0.5, 0.6) is 0 Å². The largest absolute Gasteiger partial charge is 0.370 e. The van der Waals surface area contributed by atoms with Crippen LogP contribution in [0.15, 0.2) is 4.99 Å². The van der Waals surface area contributed by atoms with E-state index in [0.29, 0.717) is 18.9 Å². The molecular weight excluding hydrogens is 138 g/mol. The van der Waals surface area contributed by atoms with E-state index in [2.05, 4.69) is 23.2 Å². The summed E-state index contributed by atoms with van der Waals surface area (Å²) in [5, 5.41) is 2.90. The van der Waals surface area contributed by atoms with E-state index in [1.165, 1.54) is 0 Å². The van der Waals surface area contributed by atoms with Gasteiger partial charge in [0.1, 0.15) is 0 Å². The molecule has 0 heterocycles. The second-order valence-corrected chi connectivity index (χ2v) is 2.15. The molecular formula is C8H15N3. The Balaban J connectivity index is 3.36. The van der Waals surface area contributed by atoms with E-state index in [-0.39, 0.29) is 0 Å². The van der Waals surface area contributed by atoms with Crippen LogP contribution < -0.4 is 11.1 Å². The molecule has 0 radical (unpaired) electrons. The van der Waals surface area contributed by atoms with Crippen LogP contribution in [0, 0.1) is 12.3 Å². The number of rotatable bonds is 4. The lowest BCUT2D eigenvalue weighted by Gasteiger charge is -2.01. The third-order valence-corrected chi connectivity index (χ3v) is 1.08. The van der Waals surface area contributed by atoms with Crippen molar-refractivity contribution in [3.63, 3.8) is 0 Å². The van der Waals surface area contributed by atoms with Crippen LogP contribution in [0.25, 0.3) is 0 Å². The third-order valence-electron chi connectivity index (χ3n) is 1.08. The molecule has 0 saturated heterocycles. The molecule has 0 spiro atoms. The molecule has 0 aromatic rings. The predicted octanol–water partition coefficient (Wildman–Crippen LogP) is 0.324. The van der Waals surface area contributed by atoms with Crippen molar-refractivity contribution in [3.05, 3.63) is 0 Å². The fourth-order valence-corrected chi connectivity index (χ4v) is 0.551. The maximum atomic E-state index is 5.47. The number of nitrogens with one attached hydrogen (secondary N) is 1. The summed E-state index contributed by atoms with van der Waals surface area (Å²) in [6.45, 7) is 3.53. The van der Waals surface area contributed by atoms with Gasteiger partial charge >= 0.3 is 0 Å². The lowest BCUT2D eigenvalue weighted by Crippen LogP contribution is -2.32. The lowest BCUT2D eigenvalue weighted by molar-refractivity contribution is 0.863. The highest BCUT2D eigenvalue weighted by atomic mass is 15.1. The first-order chi connectivity index (χ1) is 5.31. The molecule has 0 amide bonds. The third kappa shape index (κ3) is 6.72. The van der Waals surface area contributed by atoms with Gasteiger partial charge < -0.3 is 11.1 Å². The molecule has 3 nitrogen and oxygen atoms in total. The zero-order valence-electron chi connectivity index (χ0n) is 6.93. The zero-order valence-corrected chi connectivity index (χ0v) is 6.93. The number of nitrogens with zero attached hydrogens (tertiary/aromatic N) is 1. The van der Waals surface area contributed by atoms with Crippen LogP contribution in [-0.4, -0.2) is 19.0 Å². The number of aliphatic imine (C=N–C) groups is 1. The number of nitrogens with two attached hydrogens (primary N) is 1. The highest BCUT2D eigenvalue weighted by Crippen LogP contribution is 1.76. The maximum absolute atomic E-state index is 5.47. The second kappa shape index (κ2) is 6.94. The molecule has 0 saturated carbocycles. The molecule has 0 aliphatic heterocycles. The Labute approximate surface area is 68.1 Å². The van der Waals surface area contributed by atoms with Gasteiger partial charge in [0, 0.05) is 19.5 Å². The fraction of sp³-hybridized carbons (Fsp3) is 0.625. The van der Waals surface area contributed by atoms with Crippen LogP contribution in [0.2, 0.25) is 0 Å². The van der Waals surface area contributed by atoms with Crippen LogP contribution >= 0.6 is 0 Å². The molecule has 62 valence electrons. The second-order valence-electron chi connectivity index (χ2n) is 2.15. The summed E-state index contributed by atoms with van der Waals surface area (Å²) in [5.74, 6) is 2.99. The van der Waals surface area contributed by atoms with Gasteiger partial charge in [-0.25, -0.2) is 0 Å². The molecule has 0 rings (SSSR count). The Bertz CT molecular complexity index is 155. The minimum Gasteiger partial charge on any atom is -0.370 e. The maximum Gasteiger partial charge on any atom is 0.188 e. The fourth-order valence-electron chi connectivity index (χ4n) is 0.551. The molecule has 3 heteroatoms. The van der Waals surface area contributed by atoms with E-state index in [4.69, 9.17) is 12.2 Å². The van der Waals surface area contributed by atoms with Gasteiger partial charge in [0.2, 0.25) is 0 Å². The summed E-state index contributed by atoms with van der Waals surface area (Å²) < 4.78 is 0. The van der Waals surface area contributed by atoms with E-state index in [0.717, 1.165) is 13.0 Å². The minimum absolute atomic E-state index is 0.488. The lowest BCUT2D eigenvalue weighted by atomic mass is 10.4.